The molecule has 4 aliphatic carbocycles. The summed E-state index contributed by atoms with van der Waals surface area (Å²) in [7, 11) is -3.50. The fourth-order valence-corrected chi connectivity index (χ4v) is 7.78. The van der Waals surface area contributed by atoms with Crippen LogP contribution in [0, 0.1) is 34.5 Å². The molecular weight excluding hydrogens is 352 g/mol. The summed E-state index contributed by atoms with van der Waals surface area (Å²) in [6, 6.07) is 0. The van der Waals surface area contributed by atoms with Crippen molar-refractivity contribution < 1.29 is 22.2 Å². The molecule has 26 heavy (non-hydrogen) atoms. The molecule has 0 amide bonds. The van der Waals surface area contributed by atoms with Gasteiger partial charge in [-0.05, 0) is 61.7 Å². The van der Waals surface area contributed by atoms with Crippen LogP contribution >= 0.6 is 0 Å². The zero-order chi connectivity index (χ0) is 18.9. The minimum atomic E-state index is -3.50. The van der Waals surface area contributed by atoms with Crippen LogP contribution in [0.2, 0.25) is 0 Å². The fourth-order valence-electron chi connectivity index (χ4n) is 7.11. The Hall–Kier alpha value is -0.750. The number of ketones is 2. The standard InChI is InChI=1S/C20H30O5S/c1-19-8-6-12(25-26(3,23)24)10-16(19)17(21)11-13-14-4-5-18(22)20(14,2)9-7-15(13)19/h12-16H,4-11H2,1-3H3/t12-,13+,14+,15+,16?,19-,20+/m1/s1. The minimum absolute atomic E-state index is 0.0790. The van der Waals surface area contributed by atoms with E-state index < -0.39 is 10.1 Å². The van der Waals surface area contributed by atoms with E-state index in [0.717, 1.165) is 31.9 Å². The van der Waals surface area contributed by atoms with Crippen LogP contribution < -0.4 is 0 Å². The molecule has 0 spiro atoms. The lowest BCUT2D eigenvalue weighted by Gasteiger charge is -2.59. The van der Waals surface area contributed by atoms with Gasteiger partial charge in [-0.25, -0.2) is 0 Å². The van der Waals surface area contributed by atoms with E-state index in [1.54, 1.807) is 0 Å². The van der Waals surface area contributed by atoms with Crippen molar-refractivity contribution in [1.82, 2.24) is 0 Å². The number of Topliss-reactive ketones (excluding diaryl/α,β-unsaturated/α-hetero) is 2. The van der Waals surface area contributed by atoms with Gasteiger partial charge < -0.3 is 0 Å². The van der Waals surface area contributed by atoms with Gasteiger partial charge in [0.2, 0.25) is 0 Å². The van der Waals surface area contributed by atoms with E-state index in [-0.39, 0.29) is 28.6 Å². The van der Waals surface area contributed by atoms with Crippen LogP contribution in [-0.4, -0.2) is 32.3 Å². The summed E-state index contributed by atoms with van der Waals surface area (Å²) in [5, 5.41) is 0. The molecule has 0 aromatic rings. The van der Waals surface area contributed by atoms with Crippen LogP contribution in [0.25, 0.3) is 0 Å². The molecule has 5 nitrogen and oxygen atoms in total. The highest BCUT2D eigenvalue weighted by Gasteiger charge is 2.62. The van der Waals surface area contributed by atoms with Gasteiger partial charge in [0.05, 0.1) is 12.4 Å². The van der Waals surface area contributed by atoms with Crippen LogP contribution in [0.15, 0.2) is 0 Å². The molecule has 4 saturated carbocycles. The Morgan fingerprint density at radius 1 is 1.04 bits per heavy atom. The maximum Gasteiger partial charge on any atom is 0.264 e. The first-order chi connectivity index (χ1) is 12.0. The molecule has 4 aliphatic rings. The second-order valence-corrected chi connectivity index (χ2v) is 11.3. The lowest BCUT2D eigenvalue weighted by molar-refractivity contribution is -0.159. The molecule has 7 atom stereocenters. The summed E-state index contributed by atoms with van der Waals surface area (Å²) in [5.41, 5.74) is -0.300. The van der Waals surface area contributed by atoms with Crippen molar-refractivity contribution in [3.8, 4) is 0 Å². The number of fused-ring (bicyclic) bond motifs is 5. The molecule has 0 N–H and O–H groups in total. The summed E-state index contributed by atoms with van der Waals surface area (Å²) < 4.78 is 28.2. The summed E-state index contributed by atoms with van der Waals surface area (Å²) >= 11 is 0. The smallest absolute Gasteiger partial charge is 0.264 e. The first-order valence-corrected chi connectivity index (χ1v) is 11.8. The van der Waals surface area contributed by atoms with E-state index >= 15 is 0 Å². The zero-order valence-corrected chi connectivity index (χ0v) is 16.8. The van der Waals surface area contributed by atoms with Crippen LogP contribution in [-0.2, 0) is 23.9 Å². The van der Waals surface area contributed by atoms with Crippen molar-refractivity contribution in [2.24, 2.45) is 34.5 Å². The number of hydrogen-bond donors (Lipinski definition) is 0. The Morgan fingerprint density at radius 3 is 2.46 bits per heavy atom. The highest BCUT2D eigenvalue weighted by atomic mass is 32.2. The van der Waals surface area contributed by atoms with E-state index in [9.17, 15) is 18.0 Å². The first-order valence-electron chi connectivity index (χ1n) is 9.99. The predicted octanol–water partition coefficient (Wildman–Crippen LogP) is 3.12. The number of carbonyl (C=O) groups is 2. The van der Waals surface area contributed by atoms with E-state index in [1.165, 1.54) is 0 Å². The summed E-state index contributed by atoms with van der Waals surface area (Å²) in [6.45, 7) is 4.36. The van der Waals surface area contributed by atoms with Gasteiger partial charge in [0.25, 0.3) is 10.1 Å². The average Bonchev–Trinajstić information content (AvgIpc) is 2.83. The monoisotopic (exact) mass is 382 g/mol. The molecule has 1 unspecified atom stereocenters. The van der Waals surface area contributed by atoms with E-state index in [4.69, 9.17) is 4.18 Å². The van der Waals surface area contributed by atoms with Crippen LogP contribution in [0.5, 0.6) is 0 Å². The third-order valence-electron chi connectivity index (χ3n) is 8.43. The maximum absolute atomic E-state index is 13.1. The molecule has 0 aromatic heterocycles. The normalized spacial score (nSPS) is 48.7. The molecule has 146 valence electrons. The quantitative estimate of drug-likeness (QED) is 0.686. The van der Waals surface area contributed by atoms with Gasteiger partial charge in [-0.2, -0.15) is 8.42 Å². The lowest BCUT2D eigenvalue weighted by atomic mass is 9.45. The summed E-state index contributed by atoms with van der Waals surface area (Å²) in [4.78, 5) is 25.6. The van der Waals surface area contributed by atoms with E-state index in [1.807, 2.05) is 0 Å². The Morgan fingerprint density at radius 2 is 1.77 bits per heavy atom. The SMILES string of the molecule is C[C@]12CC[C@@H](OS(C)(=O)=O)CC1C(=O)C[C@@H]1[C@@H]2CC[C@]2(C)C(=O)CC[C@@H]12. The van der Waals surface area contributed by atoms with Gasteiger partial charge in [-0.3, -0.25) is 13.8 Å². The minimum Gasteiger partial charge on any atom is -0.299 e. The Kier molecular flexibility index (Phi) is 4.20. The van der Waals surface area contributed by atoms with Crippen molar-refractivity contribution in [3.05, 3.63) is 0 Å². The van der Waals surface area contributed by atoms with Crippen molar-refractivity contribution in [2.75, 3.05) is 6.26 Å². The van der Waals surface area contributed by atoms with Crippen LogP contribution in [0.3, 0.4) is 0 Å². The number of hydrogen-bond acceptors (Lipinski definition) is 5. The van der Waals surface area contributed by atoms with Gasteiger partial charge in [0.15, 0.2) is 0 Å². The summed E-state index contributed by atoms with van der Waals surface area (Å²) in [5.74, 6) is 1.69. The predicted molar refractivity (Wildman–Crippen MR) is 96.8 cm³/mol. The van der Waals surface area contributed by atoms with E-state index in [2.05, 4.69) is 13.8 Å². The topological polar surface area (TPSA) is 77.5 Å². The zero-order valence-electron chi connectivity index (χ0n) is 16.0. The molecule has 4 rings (SSSR count). The molecule has 0 aliphatic heterocycles. The van der Waals surface area contributed by atoms with Gasteiger partial charge in [-0.15, -0.1) is 0 Å². The second kappa shape index (κ2) is 5.87. The average molecular weight is 383 g/mol. The molecule has 0 aromatic carbocycles. The van der Waals surface area contributed by atoms with Crippen molar-refractivity contribution in [2.45, 2.75) is 71.3 Å². The molecular formula is C20H30O5S. The van der Waals surface area contributed by atoms with Gasteiger partial charge in [0, 0.05) is 24.2 Å². The highest BCUT2D eigenvalue weighted by Crippen LogP contribution is 2.64. The molecule has 4 fully saturated rings. The molecule has 0 radical (unpaired) electrons. The fraction of sp³-hybridized carbons (Fsp3) is 0.900. The summed E-state index contributed by atoms with van der Waals surface area (Å²) in [6.07, 6.45) is 6.88. The Bertz CT molecular complexity index is 743. The Balaban J connectivity index is 1.60. The molecule has 6 heteroatoms. The lowest BCUT2D eigenvalue weighted by Crippen LogP contribution is -2.57. The van der Waals surface area contributed by atoms with Crippen LogP contribution in [0.4, 0.5) is 0 Å². The third-order valence-corrected chi connectivity index (χ3v) is 9.05. The first kappa shape index (κ1) is 18.6. The number of carbonyl (C=O) groups excluding carboxylic acids is 2. The van der Waals surface area contributed by atoms with E-state index in [0.29, 0.717) is 49.2 Å². The highest BCUT2D eigenvalue weighted by molar-refractivity contribution is 7.86. The molecule has 0 bridgehead atoms. The van der Waals surface area contributed by atoms with Crippen molar-refractivity contribution in [1.29, 1.82) is 0 Å². The van der Waals surface area contributed by atoms with Gasteiger partial charge in [-0.1, -0.05) is 13.8 Å². The molecule has 0 heterocycles. The van der Waals surface area contributed by atoms with Crippen molar-refractivity contribution >= 4 is 21.7 Å². The van der Waals surface area contributed by atoms with Gasteiger partial charge in [0.1, 0.15) is 11.6 Å². The van der Waals surface area contributed by atoms with Crippen molar-refractivity contribution in [3.63, 3.8) is 0 Å². The molecule has 0 saturated heterocycles. The largest absolute Gasteiger partial charge is 0.299 e. The third kappa shape index (κ3) is 2.70. The van der Waals surface area contributed by atoms with Gasteiger partial charge >= 0.3 is 0 Å². The Labute approximate surface area is 156 Å². The second-order valence-electron chi connectivity index (χ2n) is 9.72. The maximum atomic E-state index is 13.1. The van der Waals surface area contributed by atoms with Crippen LogP contribution in [0.1, 0.15) is 65.2 Å². The number of rotatable bonds is 2.